The molecule has 0 aliphatic carbocycles. The van der Waals surface area contributed by atoms with Crippen LogP contribution in [0.15, 0.2) is 6.07 Å². The lowest BCUT2D eigenvalue weighted by molar-refractivity contribution is 0.0806. The van der Waals surface area contributed by atoms with Crippen LogP contribution in [-0.4, -0.2) is 40.7 Å². The van der Waals surface area contributed by atoms with Gasteiger partial charge < -0.3 is 10.5 Å². The van der Waals surface area contributed by atoms with Gasteiger partial charge in [-0.2, -0.15) is 0 Å². The summed E-state index contributed by atoms with van der Waals surface area (Å²) in [7, 11) is 2.08. The second-order valence-corrected chi connectivity index (χ2v) is 4.70. The number of nitrogen functional groups attached to an aromatic ring is 1. The van der Waals surface area contributed by atoms with Gasteiger partial charge in [0.1, 0.15) is 11.6 Å². The van der Waals surface area contributed by atoms with Crippen LogP contribution in [0.2, 0.25) is 0 Å². The van der Waals surface area contributed by atoms with Gasteiger partial charge >= 0.3 is 0 Å². The number of nitrogens with two attached hydrogens (primary N) is 1. The Labute approximate surface area is 102 Å². The van der Waals surface area contributed by atoms with Crippen LogP contribution in [0, 0.1) is 6.92 Å². The average molecular weight is 236 g/mol. The molecule has 1 aliphatic heterocycles. The van der Waals surface area contributed by atoms with Crippen LogP contribution in [0.5, 0.6) is 0 Å². The summed E-state index contributed by atoms with van der Waals surface area (Å²) in [6, 6.07) is 2.23. The number of aromatic nitrogens is 2. The Kier molecular flexibility index (Phi) is 3.59. The largest absolute Gasteiger partial charge is 0.384 e. The Balaban J connectivity index is 2.04. The summed E-state index contributed by atoms with van der Waals surface area (Å²) in [4.78, 5) is 10.9. The van der Waals surface area contributed by atoms with E-state index in [0.717, 1.165) is 24.5 Å². The van der Waals surface area contributed by atoms with Gasteiger partial charge in [0.05, 0.1) is 12.6 Å². The number of hydrogen-bond donors (Lipinski definition) is 1. The molecular weight excluding hydrogens is 216 g/mol. The fraction of sp³-hybridized carbons (Fsp3) is 0.667. The van der Waals surface area contributed by atoms with Crippen molar-refractivity contribution in [3.63, 3.8) is 0 Å². The monoisotopic (exact) mass is 236 g/mol. The second kappa shape index (κ2) is 4.98. The van der Waals surface area contributed by atoms with Crippen molar-refractivity contribution >= 4 is 5.82 Å². The average Bonchev–Trinajstić information content (AvgIpc) is 2.62. The van der Waals surface area contributed by atoms with Crippen LogP contribution in [-0.2, 0) is 11.3 Å². The number of hydrogen-bond acceptors (Lipinski definition) is 5. The van der Waals surface area contributed by atoms with Gasteiger partial charge in [-0.15, -0.1) is 0 Å². The van der Waals surface area contributed by atoms with E-state index in [2.05, 4.69) is 28.8 Å². The zero-order chi connectivity index (χ0) is 12.4. The molecule has 2 N–H and O–H groups in total. The van der Waals surface area contributed by atoms with Crippen LogP contribution < -0.4 is 5.73 Å². The van der Waals surface area contributed by atoms with Gasteiger partial charge in [0.2, 0.25) is 0 Å². The third kappa shape index (κ3) is 2.92. The van der Waals surface area contributed by atoms with Crippen molar-refractivity contribution in [3.8, 4) is 0 Å². The number of ether oxygens (including phenoxy) is 1. The van der Waals surface area contributed by atoms with Crippen LogP contribution >= 0.6 is 0 Å². The molecule has 17 heavy (non-hydrogen) atoms. The molecule has 2 atom stereocenters. The lowest BCUT2D eigenvalue weighted by atomic mass is 10.1. The maximum Gasteiger partial charge on any atom is 0.144 e. The number of aryl methyl sites for hydroxylation is 1. The van der Waals surface area contributed by atoms with Gasteiger partial charge in [-0.25, -0.2) is 9.97 Å². The first-order chi connectivity index (χ1) is 8.06. The summed E-state index contributed by atoms with van der Waals surface area (Å²) in [6.45, 7) is 5.60. The van der Waals surface area contributed by atoms with E-state index < -0.39 is 0 Å². The predicted octanol–water partition coefficient (Wildman–Crippen LogP) is 0.976. The highest BCUT2D eigenvalue weighted by molar-refractivity contribution is 5.29. The predicted molar refractivity (Wildman–Crippen MR) is 66.5 cm³/mol. The summed E-state index contributed by atoms with van der Waals surface area (Å²) in [5, 5.41) is 0. The van der Waals surface area contributed by atoms with E-state index in [4.69, 9.17) is 10.5 Å². The van der Waals surface area contributed by atoms with Crippen molar-refractivity contribution in [2.24, 2.45) is 0 Å². The minimum Gasteiger partial charge on any atom is -0.384 e. The van der Waals surface area contributed by atoms with Crippen molar-refractivity contribution in [3.05, 3.63) is 17.6 Å². The maximum atomic E-state index is 5.72. The van der Waals surface area contributed by atoms with E-state index in [1.54, 1.807) is 6.07 Å². The zero-order valence-electron chi connectivity index (χ0n) is 10.7. The fourth-order valence-electron chi connectivity index (χ4n) is 2.37. The molecule has 0 bridgehead atoms. The molecule has 1 aliphatic rings. The molecule has 1 aromatic heterocycles. The molecule has 0 saturated carbocycles. The zero-order valence-corrected chi connectivity index (χ0v) is 10.7. The van der Waals surface area contributed by atoms with E-state index in [1.807, 2.05) is 6.92 Å². The molecule has 2 unspecified atom stereocenters. The van der Waals surface area contributed by atoms with Crippen molar-refractivity contribution in [1.29, 1.82) is 0 Å². The van der Waals surface area contributed by atoms with Crippen LogP contribution in [0.4, 0.5) is 5.82 Å². The highest BCUT2D eigenvalue weighted by Gasteiger charge is 2.28. The SMILES string of the molecule is Cc1cc(N)nc(CN(C)C2CCOC2C)n1. The summed E-state index contributed by atoms with van der Waals surface area (Å²) in [6.07, 6.45) is 1.35. The molecule has 1 saturated heterocycles. The summed E-state index contributed by atoms with van der Waals surface area (Å²) in [5.74, 6) is 1.32. The molecule has 2 rings (SSSR count). The first kappa shape index (κ1) is 12.3. The van der Waals surface area contributed by atoms with Gasteiger partial charge in [0.25, 0.3) is 0 Å². The Morgan fingerprint density at radius 2 is 2.29 bits per heavy atom. The Hall–Kier alpha value is -1.20. The van der Waals surface area contributed by atoms with Gasteiger partial charge in [-0.3, -0.25) is 4.90 Å². The Bertz CT molecular complexity index is 376. The lowest BCUT2D eigenvalue weighted by Crippen LogP contribution is -2.36. The van der Waals surface area contributed by atoms with Gasteiger partial charge in [0, 0.05) is 24.4 Å². The minimum absolute atomic E-state index is 0.280. The highest BCUT2D eigenvalue weighted by atomic mass is 16.5. The summed E-state index contributed by atoms with van der Waals surface area (Å²) >= 11 is 0. The molecule has 94 valence electrons. The molecule has 5 nitrogen and oxygen atoms in total. The summed E-state index contributed by atoms with van der Waals surface area (Å²) in [5.41, 5.74) is 6.64. The highest BCUT2D eigenvalue weighted by Crippen LogP contribution is 2.19. The Morgan fingerprint density at radius 3 is 2.88 bits per heavy atom. The van der Waals surface area contributed by atoms with Gasteiger partial charge in [0.15, 0.2) is 0 Å². The number of nitrogens with zero attached hydrogens (tertiary/aromatic N) is 3. The fourth-order valence-corrected chi connectivity index (χ4v) is 2.37. The third-order valence-corrected chi connectivity index (χ3v) is 3.21. The van der Waals surface area contributed by atoms with Crippen LogP contribution in [0.25, 0.3) is 0 Å². The molecular formula is C12H20N4O. The summed E-state index contributed by atoms with van der Waals surface area (Å²) < 4.78 is 5.56. The number of anilines is 1. The molecule has 1 aromatic rings. The van der Waals surface area contributed by atoms with Crippen molar-refractivity contribution < 1.29 is 4.74 Å². The maximum absolute atomic E-state index is 5.72. The van der Waals surface area contributed by atoms with E-state index in [1.165, 1.54) is 0 Å². The molecule has 0 spiro atoms. The van der Waals surface area contributed by atoms with Gasteiger partial charge in [-0.1, -0.05) is 0 Å². The number of rotatable bonds is 3. The molecule has 0 radical (unpaired) electrons. The molecule has 0 aromatic carbocycles. The van der Waals surface area contributed by atoms with Crippen molar-refractivity contribution in [2.45, 2.75) is 39.0 Å². The quantitative estimate of drug-likeness (QED) is 0.847. The van der Waals surface area contributed by atoms with Crippen LogP contribution in [0.1, 0.15) is 24.9 Å². The lowest BCUT2D eigenvalue weighted by Gasteiger charge is -2.25. The smallest absolute Gasteiger partial charge is 0.144 e. The van der Waals surface area contributed by atoms with Crippen molar-refractivity contribution in [1.82, 2.24) is 14.9 Å². The first-order valence-corrected chi connectivity index (χ1v) is 5.98. The second-order valence-electron chi connectivity index (χ2n) is 4.70. The number of likely N-dealkylation sites (N-methyl/N-ethyl adjacent to an activating group) is 1. The standard InChI is InChI=1S/C12H20N4O/c1-8-6-11(13)15-12(14-8)7-16(3)10-4-5-17-9(10)2/h6,9-10H,4-5,7H2,1-3H3,(H2,13,14,15). The van der Waals surface area contributed by atoms with E-state index in [-0.39, 0.29) is 6.10 Å². The molecule has 5 heteroatoms. The van der Waals surface area contributed by atoms with Gasteiger partial charge in [-0.05, 0) is 27.3 Å². The Morgan fingerprint density at radius 1 is 1.53 bits per heavy atom. The molecule has 0 amide bonds. The normalized spacial score (nSPS) is 24.5. The molecule has 1 fully saturated rings. The van der Waals surface area contributed by atoms with Crippen molar-refractivity contribution in [2.75, 3.05) is 19.4 Å². The van der Waals surface area contributed by atoms with E-state index >= 15 is 0 Å². The van der Waals surface area contributed by atoms with E-state index in [9.17, 15) is 0 Å². The van der Waals surface area contributed by atoms with E-state index in [0.29, 0.717) is 18.4 Å². The minimum atomic E-state index is 0.280. The molecule has 2 heterocycles. The van der Waals surface area contributed by atoms with Crippen LogP contribution in [0.3, 0.4) is 0 Å². The topological polar surface area (TPSA) is 64.3 Å². The first-order valence-electron chi connectivity index (χ1n) is 5.98. The third-order valence-electron chi connectivity index (χ3n) is 3.21.